The molecule has 7 nitrogen and oxygen atoms in total. The number of aromatic nitrogens is 2. The minimum Gasteiger partial charge on any atom is -0.490 e. The van der Waals surface area contributed by atoms with Crippen molar-refractivity contribution < 1.29 is 9.47 Å². The van der Waals surface area contributed by atoms with Crippen molar-refractivity contribution >= 4 is 49.0 Å². The Morgan fingerprint density at radius 1 is 1.19 bits per heavy atom. The summed E-state index contributed by atoms with van der Waals surface area (Å²) in [5.74, 6) is 1.56. The van der Waals surface area contributed by atoms with Gasteiger partial charge in [0.05, 0.1) is 23.7 Å². The summed E-state index contributed by atoms with van der Waals surface area (Å²) in [5, 5.41) is 13.8. The molecule has 1 heterocycles. The van der Waals surface area contributed by atoms with Gasteiger partial charge in [0, 0.05) is 20.9 Å². The van der Waals surface area contributed by atoms with E-state index in [2.05, 4.69) is 48.9 Å². The molecule has 0 amide bonds. The van der Waals surface area contributed by atoms with Crippen LogP contribution in [0.2, 0.25) is 0 Å². The molecule has 0 bridgehead atoms. The van der Waals surface area contributed by atoms with Gasteiger partial charge in [-0.15, -0.1) is 0 Å². The fourth-order valence-electron chi connectivity index (χ4n) is 3.07. The second-order valence-electron chi connectivity index (χ2n) is 6.85. The minimum atomic E-state index is -0.228. The molecule has 0 spiro atoms. The van der Waals surface area contributed by atoms with Gasteiger partial charge in [-0.25, -0.2) is 4.98 Å². The molecule has 0 atom stereocenters. The number of hydrogen-bond acceptors (Lipinski definition) is 6. The smallest absolute Gasteiger partial charge is 0.282 e. The maximum absolute atomic E-state index is 13.2. The Balaban J connectivity index is 2.08. The summed E-state index contributed by atoms with van der Waals surface area (Å²) >= 11 is 6.92. The number of nitrogens with zero attached hydrogens (tertiary/aromatic N) is 4. The van der Waals surface area contributed by atoms with E-state index in [9.17, 15) is 4.79 Å². The van der Waals surface area contributed by atoms with Crippen molar-refractivity contribution in [1.82, 2.24) is 9.66 Å². The Bertz CT molecular complexity index is 1250. The molecule has 0 radical (unpaired) electrons. The normalized spacial score (nSPS) is 11.1. The van der Waals surface area contributed by atoms with Gasteiger partial charge in [-0.2, -0.15) is 15.0 Å². The average Bonchev–Trinajstić information content (AvgIpc) is 2.78. The molecular weight excluding hydrogens is 540 g/mol. The molecular formula is C23H22Br2N4O3. The second kappa shape index (κ2) is 11.2. The first kappa shape index (κ1) is 24.0. The van der Waals surface area contributed by atoms with Crippen molar-refractivity contribution in [2.24, 2.45) is 5.10 Å². The lowest BCUT2D eigenvalue weighted by Gasteiger charge is -2.12. The Hall–Kier alpha value is -2.70. The maximum Gasteiger partial charge on any atom is 0.282 e. The van der Waals surface area contributed by atoms with Crippen molar-refractivity contribution in [3.8, 4) is 17.6 Å². The summed E-state index contributed by atoms with van der Waals surface area (Å²) in [7, 11) is 0. The van der Waals surface area contributed by atoms with Crippen molar-refractivity contribution in [2.75, 3.05) is 13.2 Å². The number of benzene rings is 2. The zero-order valence-corrected chi connectivity index (χ0v) is 20.9. The lowest BCUT2D eigenvalue weighted by atomic mass is 10.2. The highest BCUT2D eigenvalue weighted by molar-refractivity contribution is 9.10. The van der Waals surface area contributed by atoms with Crippen LogP contribution in [0.5, 0.6) is 11.5 Å². The maximum atomic E-state index is 13.2. The third-order valence-electron chi connectivity index (χ3n) is 4.60. The fraction of sp³-hybridized carbons (Fsp3) is 0.304. The first-order valence-corrected chi connectivity index (χ1v) is 11.8. The molecule has 0 unspecified atom stereocenters. The van der Waals surface area contributed by atoms with Crippen LogP contribution in [0.1, 0.15) is 38.1 Å². The van der Waals surface area contributed by atoms with Gasteiger partial charge in [0.1, 0.15) is 11.9 Å². The van der Waals surface area contributed by atoms with E-state index < -0.39 is 0 Å². The Labute approximate surface area is 202 Å². The van der Waals surface area contributed by atoms with Gasteiger partial charge in [0.25, 0.3) is 5.56 Å². The highest BCUT2D eigenvalue weighted by atomic mass is 79.9. The lowest BCUT2D eigenvalue weighted by molar-refractivity contribution is 0.298. The topological polar surface area (TPSA) is 89.5 Å². The van der Waals surface area contributed by atoms with Crippen molar-refractivity contribution in [1.29, 1.82) is 5.26 Å². The van der Waals surface area contributed by atoms with Crippen LogP contribution in [0, 0.1) is 11.3 Å². The van der Waals surface area contributed by atoms with E-state index in [1.807, 2.05) is 25.1 Å². The van der Waals surface area contributed by atoms with Gasteiger partial charge in [-0.3, -0.25) is 4.79 Å². The number of aryl methyl sites for hydroxylation is 1. The van der Waals surface area contributed by atoms with Crippen LogP contribution >= 0.6 is 31.9 Å². The molecule has 0 N–H and O–H groups in total. The van der Waals surface area contributed by atoms with Crippen molar-refractivity contribution in [2.45, 2.75) is 33.1 Å². The molecule has 32 heavy (non-hydrogen) atoms. The summed E-state index contributed by atoms with van der Waals surface area (Å²) in [6.07, 6.45) is 4.10. The van der Waals surface area contributed by atoms with E-state index >= 15 is 0 Å². The number of rotatable bonds is 9. The predicted molar refractivity (Wildman–Crippen MR) is 132 cm³/mol. The molecule has 1 aromatic heterocycles. The number of hydrogen-bond donors (Lipinski definition) is 0. The monoisotopic (exact) mass is 560 g/mol. The summed E-state index contributed by atoms with van der Waals surface area (Å²) in [4.78, 5) is 17.9. The molecule has 3 aromatic rings. The van der Waals surface area contributed by atoms with Crippen LogP contribution < -0.4 is 15.0 Å². The average molecular weight is 562 g/mol. The fourth-order valence-corrected chi connectivity index (χ4v) is 3.86. The molecule has 0 fully saturated rings. The van der Waals surface area contributed by atoms with Crippen LogP contribution in [-0.2, 0) is 6.42 Å². The van der Waals surface area contributed by atoms with Gasteiger partial charge in [0.15, 0.2) is 18.1 Å². The molecule has 0 saturated heterocycles. The molecule has 3 rings (SSSR count). The second-order valence-corrected chi connectivity index (χ2v) is 8.62. The molecule has 166 valence electrons. The minimum absolute atomic E-state index is 0.0888. The van der Waals surface area contributed by atoms with E-state index in [1.54, 1.807) is 24.4 Å². The van der Waals surface area contributed by atoms with E-state index in [-0.39, 0.29) is 12.2 Å². The molecule has 0 aliphatic heterocycles. The van der Waals surface area contributed by atoms with Gasteiger partial charge >= 0.3 is 0 Å². The van der Waals surface area contributed by atoms with E-state index in [1.165, 1.54) is 4.68 Å². The highest BCUT2D eigenvalue weighted by Crippen LogP contribution is 2.33. The Morgan fingerprint density at radius 2 is 1.97 bits per heavy atom. The molecule has 9 heteroatoms. The third-order valence-corrected chi connectivity index (χ3v) is 5.78. The zero-order chi connectivity index (χ0) is 23.1. The SMILES string of the molecule is CCCCc1nc2ccc(Br)cc2c(=O)n1N=Cc1cc(OCC)c(OCC#N)cc1Br. The Morgan fingerprint density at radius 3 is 2.69 bits per heavy atom. The molecule has 0 aliphatic carbocycles. The number of ether oxygens (including phenoxy) is 2. The van der Waals surface area contributed by atoms with E-state index in [0.717, 1.165) is 17.3 Å². The van der Waals surface area contributed by atoms with Crippen LogP contribution in [0.4, 0.5) is 0 Å². The zero-order valence-electron chi connectivity index (χ0n) is 17.8. The summed E-state index contributed by atoms with van der Waals surface area (Å²) in [5.41, 5.74) is 1.11. The lowest BCUT2D eigenvalue weighted by Crippen LogP contribution is -2.22. The number of unbranched alkanes of at least 4 members (excludes halogenated alkanes) is 1. The molecule has 0 saturated carbocycles. The third kappa shape index (κ3) is 5.56. The number of nitriles is 1. The largest absolute Gasteiger partial charge is 0.490 e. The van der Waals surface area contributed by atoms with Gasteiger partial charge in [0.2, 0.25) is 0 Å². The first-order valence-electron chi connectivity index (χ1n) is 10.2. The Kier molecular flexibility index (Phi) is 8.42. The summed E-state index contributed by atoms with van der Waals surface area (Å²) in [6, 6.07) is 10.9. The number of halogens is 2. The van der Waals surface area contributed by atoms with Crippen LogP contribution in [0.25, 0.3) is 10.9 Å². The standard InChI is InChI=1S/C23H22Br2N4O3/c1-3-5-6-22-28-19-8-7-16(24)12-17(19)23(30)29(22)27-14-15-11-20(31-4-2)21(13-18(15)25)32-10-9-26/h7-8,11-14H,3-6,10H2,1-2H3. The quantitative estimate of drug-likeness (QED) is 0.324. The highest BCUT2D eigenvalue weighted by Gasteiger charge is 2.13. The van der Waals surface area contributed by atoms with Gasteiger partial charge in [-0.1, -0.05) is 29.3 Å². The number of fused-ring (bicyclic) bond motifs is 1. The summed E-state index contributed by atoms with van der Waals surface area (Å²) in [6.45, 7) is 4.30. The van der Waals surface area contributed by atoms with Crippen LogP contribution in [0.3, 0.4) is 0 Å². The first-order chi connectivity index (χ1) is 15.5. The summed E-state index contributed by atoms with van der Waals surface area (Å²) < 4.78 is 14.0. The van der Waals surface area contributed by atoms with Crippen LogP contribution in [-0.4, -0.2) is 29.1 Å². The van der Waals surface area contributed by atoms with Crippen LogP contribution in [0.15, 0.2) is 49.2 Å². The molecule has 2 aromatic carbocycles. The molecule has 0 aliphatic rings. The van der Waals surface area contributed by atoms with Crippen molar-refractivity contribution in [3.63, 3.8) is 0 Å². The van der Waals surface area contributed by atoms with Crippen molar-refractivity contribution in [3.05, 3.63) is 61.0 Å². The van der Waals surface area contributed by atoms with E-state index in [4.69, 9.17) is 14.7 Å². The van der Waals surface area contributed by atoms with Gasteiger partial charge < -0.3 is 9.47 Å². The predicted octanol–water partition coefficient (Wildman–Crippen LogP) is 5.45. The van der Waals surface area contributed by atoms with Gasteiger partial charge in [-0.05, 0) is 59.6 Å². The van der Waals surface area contributed by atoms with E-state index in [0.29, 0.717) is 51.3 Å².